The molecule has 1 heteroatoms. The van der Waals surface area contributed by atoms with Gasteiger partial charge in [-0.3, -0.25) is 0 Å². The first-order valence-corrected chi connectivity index (χ1v) is 5.50. The van der Waals surface area contributed by atoms with Crippen molar-refractivity contribution in [3.8, 4) is 0 Å². The SMILES string of the molecule is C=C1CCc2cccc3cccc1c23.CO. The molecule has 0 radical (unpaired) electrons. The molecule has 0 aliphatic heterocycles. The zero-order valence-corrected chi connectivity index (χ0v) is 9.53. The third-order valence-electron chi connectivity index (χ3n) is 3.07. The number of aliphatic hydroxyl groups excluding tert-OH is 1. The Labute approximate surface area is 96.0 Å². The number of hydrogen-bond donors (Lipinski definition) is 1. The smallest absolute Gasteiger partial charge is 0.0319 e. The highest BCUT2D eigenvalue weighted by Crippen LogP contribution is 2.34. The van der Waals surface area contributed by atoms with Crippen molar-refractivity contribution in [2.24, 2.45) is 0 Å². The average Bonchev–Trinajstić information content (AvgIpc) is 2.37. The van der Waals surface area contributed by atoms with E-state index < -0.39 is 0 Å². The molecule has 2 aromatic rings. The summed E-state index contributed by atoms with van der Waals surface area (Å²) in [6.45, 7) is 4.14. The van der Waals surface area contributed by atoms with E-state index in [2.05, 4.69) is 43.0 Å². The fourth-order valence-corrected chi connectivity index (χ4v) is 2.34. The van der Waals surface area contributed by atoms with Crippen molar-refractivity contribution < 1.29 is 5.11 Å². The van der Waals surface area contributed by atoms with Crippen molar-refractivity contribution in [3.63, 3.8) is 0 Å². The Kier molecular flexibility index (Phi) is 3.07. The summed E-state index contributed by atoms with van der Waals surface area (Å²) in [4.78, 5) is 0. The maximum atomic E-state index is 7.00. The monoisotopic (exact) mass is 212 g/mol. The van der Waals surface area contributed by atoms with Crippen molar-refractivity contribution in [2.75, 3.05) is 7.11 Å². The van der Waals surface area contributed by atoms with Gasteiger partial charge in [0, 0.05) is 7.11 Å². The summed E-state index contributed by atoms with van der Waals surface area (Å²) in [5.74, 6) is 0. The Morgan fingerprint density at radius 3 is 2.44 bits per heavy atom. The summed E-state index contributed by atoms with van der Waals surface area (Å²) in [5, 5.41) is 9.77. The van der Waals surface area contributed by atoms with E-state index in [0.29, 0.717) is 0 Å². The van der Waals surface area contributed by atoms with Gasteiger partial charge in [0.2, 0.25) is 0 Å². The van der Waals surface area contributed by atoms with E-state index in [1.54, 1.807) is 0 Å². The van der Waals surface area contributed by atoms with E-state index in [9.17, 15) is 0 Å². The van der Waals surface area contributed by atoms with Crippen LogP contribution >= 0.6 is 0 Å². The molecule has 0 amide bonds. The van der Waals surface area contributed by atoms with Crippen molar-refractivity contribution in [1.82, 2.24) is 0 Å². The Balaban J connectivity index is 0.000000457. The Hall–Kier alpha value is -1.60. The first-order chi connectivity index (χ1) is 7.86. The minimum atomic E-state index is 1.00. The van der Waals surface area contributed by atoms with E-state index in [1.165, 1.54) is 27.5 Å². The molecule has 1 aliphatic rings. The van der Waals surface area contributed by atoms with Crippen LogP contribution in [0.5, 0.6) is 0 Å². The van der Waals surface area contributed by atoms with Crippen LogP contribution in [-0.4, -0.2) is 12.2 Å². The molecule has 0 saturated heterocycles. The molecule has 1 N–H and O–H groups in total. The van der Waals surface area contributed by atoms with Crippen LogP contribution < -0.4 is 0 Å². The van der Waals surface area contributed by atoms with Gasteiger partial charge in [0.25, 0.3) is 0 Å². The lowest BCUT2D eigenvalue weighted by molar-refractivity contribution is 0.399. The molecule has 0 atom stereocenters. The highest BCUT2D eigenvalue weighted by atomic mass is 16.2. The van der Waals surface area contributed by atoms with Crippen molar-refractivity contribution in [1.29, 1.82) is 0 Å². The molecule has 0 aromatic heterocycles. The molecule has 16 heavy (non-hydrogen) atoms. The van der Waals surface area contributed by atoms with Gasteiger partial charge in [0.1, 0.15) is 0 Å². The second kappa shape index (κ2) is 4.50. The maximum absolute atomic E-state index is 7.00. The molecule has 2 aromatic carbocycles. The molecule has 0 fully saturated rings. The van der Waals surface area contributed by atoms with Crippen LogP contribution in [-0.2, 0) is 6.42 Å². The van der Waals surface area contributed by atoms with E-state index in [4.69, 9.17) is 5.11 Å². The number of hydrogen-bond acceptors (Lipinski definition) is 1. The number of allylic oxidation sites excluding steroid dienone is 1. The van der Waals surface area contributed by atoms with E-state index >= 15 is 0 Å². The van der Waals surface area contributed by atoms with E-state index in [1.807, 2.05) is 0 Å². The number of aliphatic hydroxyl groups is 1. The summed E-state index contributed by atoms with van der Waals surface area (Å²) >= 11 is 0. The predicted molar refractivity (Wildman–Crippen MR) is 69.4 cm³/mol. The van der Waals surface area contributed by atoms with Crippen LogP contribution in [0.3, 0.4) is 0 Å². The fraction of sp³-hybridized carbons (Fsp3) is 0.200. The van der Waals surface area contributed by atoms with Crippen LogP contribution in [0, 0.1) is 0 Å². The highest BCUT2D eigenvalue weighted by molar-refractivity contribution is 5.97. The molecule has 0 bridgehead atoms. The average molecular weight is 212 g/mol. The molecule has 0 saturated carbocycles. The number of benzene rings is 2. The molecule has 0 heterocycles. The molecule has 1 nitrogen and oxygen atoms in total. The summed E-state index contributed by atoms with van der Waals surface area (Å²) in [6.07, 6.45) is 2.25. The lowest BCUT2D eigenvalue weighted by Crippen LogP contribution is -1.99. The first-order valence-electron chi connectivity index (χ1n) is 5.50. The molecular formula is C15H16O. The largest absolute Gasteiger partial charge is 0.400 e. The minimum absolute atomic E-state index is 1.00. The Morgan fingerprint density at radius 1 is 1.00 bits per heavy atom. The molecule has 1 aliphatic carbocycles. The Morgan fingerprint density at radius 2 is 1.69 bits per heavy atom. The third-order valence-corrected chi connectivity index (χ3v) is 3.07. The molecule has 82 valence electrons. The Bertz CT molecular complexity index is 521. The van der Waals surface area contributed by atoms with Gasteiger partial charge in [-0.2, -0.15) is 0 Å². The topological polar surface area (TPSA) is 20.2 Å². The maximum Gasteiger partial charge on any atom is 0.0319 e. The highest BCUT2D eigenvalue weighted by Gasteiger charge is 2.13. The quantitative estimate of drug-likeness (QED) is 0.709. The van der Waals surface area contributed by atoms with Gasteiger partial charge in [-0.05, 0) is 40.3 Å². The van der Waals surface area contributed by atoms with Crippen molar-refractivity contribution in [3.05, 3.63) is 54.1 Å². The van der Waals surface area contributed by atoms with Gasteiger partial charge in [0.15, 0.2) is 0 Å². The van der Waals surface area contributed by atoms with Crippen LogP contribution in [0.1, 0.15) is 17.5 Å². The fourth-order valence-electron chi connectivity index (χ4n) is 2.34. The van der Waals surface area contributed by atoms with Gasteiger partial charge in [-0.25, -0.2) is 0 Å². The first kappa shape index (κ1) is 10.9. The predicted octanol–water partition coefficient (Wildman–Crippen LogP) is 3.41. The molecule has 3 rings (SSSR count). The zero-order valence-electron chi connectivity index (χ0n) is 9.53. The van der Waals surface area contributed by atoms with Gasteiger partial charge in [-0.15, -0.1) is 0 Å². The van der Waals surface area contributed by atoms with Crippen LogP contribution in [0.2, 0.25) is 0 Å². The van der Waals surface area contributed by atoms with Gasteiger partial charge >= 0.3 is 0 Å². The van der Waals surface area contributed by atoms with Crippen molar-refractivity contribution >= 4 is 16.3 Å². The van der Waals surface area contributed by atoms with Crippen LogP contribution in [0.25, 0.3) is 16.3 Å². The lowest BCUT2D eigenvalue weighted by Gasteiger charge is -2.18. The number of rotatable bonds is 0. The van der Waals surface area contributed by atoms with Crippen molar-refractivity contribution in [2.45, 2.75) is 12.8 Å². The second-order valence-electron chi connectivity index (χ2n) is 3.92. The molecular weight excluding hydrogens is 196 g/mol. The van der Waals surface area contributed by atoms with Gasteiger partial charge in [-0.1, -0.05) is 43.0 Å². The number of aryl methyl sites for hydroxylation is 1. The minimum Gasteiger partial charge on any atom is -0.400 e. The van der Waals surface area contributed by atoms with E-state index in [0.717, 1.165) is 20.0 Å². The third kappa shape index (κ3) is 1.63. The summed E-state index contributed by atoms with van der Waals surface area (Å²) in [5.41, 5.74) is 4.11. The molecule has 0 unspecified atom stereocenters. The summed E-state index contributed by atoms with van der Waals surface area (Å²) in [6, 6.07) is 13.1. The van der Waals surface area contributed by atoms with Crippen LogP contribution in [0.4, 0.5) is 0 Å². The molecule has 0 spiro atoms. The second-order valence-corrected chi connectivity index (χ2v) is 3.92. The van der Waals surface area contributed by atoms with E-state index in [-0.39, 0.29) is 0 Å². The standard InChI is InChI=1S/C14H12.CH4O/c1-10-8-9-12-5-2-4-11-6-3-7-13(10)14(11)12;1-2/h2-7H,1,8-9H2;2H,1H3. The summed E-state index contributed by atoms with van der Waals surface area (Å²) in [7, 11) is 1.00. The lowest BCUT2D eigenvalue weighted by atomic mass is 9.86. The zero-order chi connectivity index (χ0) is 11.5. The summed E-state index contributed by atoms with van der Waals surface area (Å²) < 4.78 is 0. The van der Waals surface area contributed by atoms with Crippen LogP contribution in [0.15, 0.2) is 43.0 Å². The van der Waals surface area contributed by atoms with Gasteiger partial charge in [0.05, 0.1) is 0 Å². The van der Waals surface area contributed by atoms with Gasteiger partial charge < -0.3 is 5.11 Å². The normalized spacial score (nSPS) is 13.2.